The summed E-state index contributed by atoms with van der Waals surface area (Å²) in [5, 5.41) is 13.6. The predicted molar refractivity (Wildman–Crippen MR) is 131 cm³/mol. The van der Waals surface area contributed by atoms with E-state index in [0.29, 0.717) is 10.8 Å². The number of para-hydroxylation sites is 1. The molecule has 1 aliphatic rings. The van der Waals surface area contributed by atoms with Crippen LogP contribution >= 0.6 is 12.2 Å². The molecule has 3 heterocycles. The fourth-order valence-corrected chi connectivity index (χ4v) is 5.00. The van der Waals surface area contributed by atoms with E-state index in [1.807, 2.05) is 55.1 Å². The number of anilines is 1. The molecule has 1 fully saturated rings. The maximum absolute atomic E-state index is 14.9. The number of halogens is 1. The first-order valence-corrected chi connectivity index (χ1v) is 11.1. The summed E-state index contributed by atoms with van der Waals surface area (Å²) in [5.41, 5.74) is 5.25. The summed E-state index contributed by atoms with van der Waals surface area (Å²) in [7, 11) is 0. The molecule has 2 atom stereocenters. The molecule has 2 aromatic heterocycles. The molecular weight excluding hydrogens is 435 g/mol. The number of rotatable bonds is 4. The molecule has 1 aliphatic heterocycles. The van der Waals surface area contributed by atoms with Crippen LogP contribution in [0.15, 0.2) is 79.0 Å². The molecule has 33 heavy (non-hydrogen) atoms. The van der Waals surface area contributed by atoms with Crippen molar-refractivity contribution in [3.8, 4) is 11.4 Å². The number of nitrogens with zero attached hydrogens (tertiary/aromatic N) is 3. The molecule has 1 saturated heterocycles. The normalized spacial score (nSPS) is 17.9. The second kappa shape index (κ2) is 8.33. The van der Waals surface area contributed by atoms with Crippen molar-refractivity contribution in [2.24, 2.45) is 0 Å². The molecule has 5 nitrogen and oxygen atoms in total. The number of aromatic hydroxyl groups is 1. The molecule has 0 saturated carbocycles. The Balaban J connectivity index is 1.69. The van der Waals surface area contributed by atoms with Crippen molar-refractivity contribution in [1.82, 2.24) is 14.9 Å². The number of aromatic nitrogens is 2. The number of aryl methyl sites for hydroxylation is 1. The summed E-state index contributed by atoms with van der Waals surface area (Å²) in [5.74, 6) is -0.117. The van der Waals surface area contributed by atoms with Crippen molar-refractivity contribution in [3.05, 3.63) is 107 Å². The highest BCUT2D eigenvalue weighted by Gasteiger charge is 2.43. The van der Waals surface area contributed by atoms with Crippen LogP contribution in [0.2, 0.25) is 0 Å². The lowest BCUT2D eigenvalue weighted by Gasteiger charge is -2.28. The van der Waals surface area contributed by atoms with Gasteiger partial charge in [0.15, 0.2) is 5.11 Å². The Morgan fingerprint density at radius 3 is 2.42 bits per heavy atom. The Morgan fingerprint density at radius 1 is 1.00 bits per heavy atom. The Bertz CT molecular complexity index is 1320. The molecule has 2 N–H and O–H groups in total. The van der Waals surface area contributed by atoms with Crippen LogP contribution in [0, 0.1) is 19.7 Å². The minimum absolute atomic E-state index is 0.215. The average molecular weight is 459 g/mol. The number of hydrogen-bond donors (Lipinski definition) is 2. The Morgan fingerprint density at radius 2 is 1.73 bits per heavy atom. The lowest BCUT2D eigenvalue weighted by atomic mass is 9.96. The quantitative estimate of drug-likeness (QED) is 0.395. The van der Waals surface area contributed by atoms with E-state index in [9.17, 15) is 9.50 Å². The van der Waals surface area contributed by atoms with Gasteiger partial charge in [0.2, 0.25) is 0 Å². The minimum atomic E-state index is -0.333. The average Bonchev–Trinajstić information content (AvgIpc) is 3.31. The molecule has 0 bridgehead atoms. The van der Waals surface area contributed by atoms with Crippen LogP contribution in [-0.4, -0.2) is 19.8 Å². The maximum Gasteiger partial charge on any atom is 0.174 e. The van der Waals surface area contributed by atoms with Crippen LogP contribution in [0.25, 0.3) is 5.69 Å². The molecule has 0 amide bonds. The van der Waals surface area contributed by atoms with Gasteiger partial charge >= 0.3 is 0 Å². The summed E-state index contributed by atoms with van der Waals surface area (Å²) in [6, 6.07) is 21.1. The third-order valence-corrected chi connectivity index (χ3v) is 6.42. The highest BCUT2D eigenvalue weighted by Crippen LogP contribution is 2.44. The van der Waals surface area contributed by atoms with Gasteiger partial charge in [-0.15, -0.1) is 0 Å². The summed E-state index contributed by atoms with van der Waals surface area (Å²) < 4.78 is 17.1. The summed E-state index contributed by atoms with van der Waals surface area (Å²) in [6.07, 6.45) is 1.75. The molecule has 0 unspecified atom stereocenters. The van der Waals surface area contributed by atoms with Crippen LogP contribution in [0.3, 0.4) is 0 Å². The molecule has 0 spiro atoms. The van der Waals surface area contributed by atoms with Gasteiger partial charge in [-0.3, -0.25) is 4.98 Å². The first-order valence-electron chi connectivity index (χ1n) is 10.7. The Labute approximate surface area is 197 Å². The van der Waals surface area contributed by atoms with E-state index in [1.54, 1.807) is 30.5 Å². The molecule has 4 aromatic rings. The molecule has 0 aliphatic carbocycles. The highest BCUT2D eigenvalue weighted by molar-refractivity contribution is 7.80. The minimum Gasteiger partial charge on any atom is -0.508 e. The van der Waals surface area contributed by atoms with Gasteiger partial charge in [0.25, 0.3) is 0 Å². The summed E-state index contributed by atoms with van der Waals surface area (Å²) in [6.45, 7) is 4.08. The van der Waals surface area contributed by atoms with Crippen molar-refractivity contribution < 1.29 is 9.50 Å². The molecular formula is C26H23FN4OS. The topological polar surface area (TPSA) is 53.3 Å². The number of benzene rings is 2. The molecule has 0 radical (unpaired) electrons. The van der Waals surface area contributed by atoms with Gasteiger partial charge in [0, 0.05) is 23.3 Å². The third-order valence-electron chi connectivity index (χ3n) is 6.11. The van der Waals surface area contributed by atoms with Crippen LogP contribution in [0.5, 0.6) is 5.75 Å². The van der Waals surface area contributed by atoms with Gasteiger partial charge in [-0.25, -0.2) is 4.39 Å². The smallest absolute Gasteiger partial charge is 0.174 e. The first kappa shape index (κ1) is 21.2. The Hall–Kier alpha value is -3.71. The van der Waals surface area contributed by atoms with Gasteiger partial charge in [-0.05, 0) is 86.2 Å². The molecule has 166 valence electrons. The number of phenols is 1. The van der Waals surface area contributed by atoms with Crippen molar-refractivity contribution in [2.45, 2.75) is 25.9 Å². The number of phenolic OH excluding ortho intramolecular Hbond substituents is 1. The fourth-order valence-electron chi connectivity index (χ4n) is 4.66. The van der Waals surface area contributed by atoms with E-state index in [-0.39, 0.29) is 23.7 Å². The fraction of sp³-hybridized carbons (Fsp3) is 0.154. The maximum atomic E-state index is 14.9. The van der Waals surface area contributed by atoms with Crippen molar-refractivity contribution in [1.29, 1.82) is 0 Å². The lowest BCUT2D eigenvalue weighted by Crippen LogP contribution is -2.30. The molecule has 7 heteroatoms. The van der Waals surface area contributed by atoms with E-state index < -0.39 is 0 Å². The van der Waals surface area contributed by atoms with Gasteiger partial charge in [0.1, 0.15) is 11.6 Å². The number of pyridine rings is 1. The lowest BCUT2D eigenvalue weighted by molar-refractivity contribution is 0.475. The second-order valence-corrected chi connectivity index (χ2v) is 8.51. The monoisotopic (exact) mass is 458 g/mol. The SMILES string of the molecule is Cc1cc([C@@H]2[C@@H](c3ccccn3)NC(=S)N2c2ccccc2F)c(C)n1-c1ccc(O)cc1. The molecule has 5 rings (SSSR count). The predicted octanol–water partition coefficient (Wildman–Crippen LogP) is 5.51. The molecule has 2 aromatic carbocycles. The van der Waals surface area contributed by atoms with Crippen molar-refractivity contribution >= 4 is 23.0 Å². The van der Waals surface area contributed by atoms with Crippen LogP contribution < -0.4 is 10.2 Å². The van der Waals surface area contributed by atoms with Crippen LogP contribution in [0.4, 0.5) is 10.1 Å². The van der Waals surface area contributed by atoms with E-state index in [0.717, 1.165) is 28.3 Å². The van der Waals surface area contributed by atoms with Gasteiger partial charge in [-0.1, -0.05) is 18.2 Å². The van der Waals surface area contributed by atoms with Crippen molar-refractivity contribution in [3.63, 3.8) is 0 Å². The van der Waals surface area contributed by atoms with Gasteiger partial charge < -0.3 is 19.9 Å². The van der Waals surface area contributed by atoms with Crippen LogP contribution in [-0.2, 0) is 0 Å². The number of nitrogens with one attached hydrogen (secondary N) is 1. The summed E-state index contributed by atoms with van der Waals surface area (Å²) >= 11 is 5.71. The number of thiocarbonyl (C=S) groups is 1. The second-order valence-electron chi connectivity index (χ2n) is 8.13. The van der Waals surface area contributed by atoms with E-state index in [4.69, 9.17) is 12.2 Å². The third kappa shape index (κ3) is 3.64. The zero-order valence-corrected chi connectivity index (χ0v) is 19.1. The first-order chi connectivity index (χ1) is 16.0. The highest BCUT2D eigenvalue weighted by atomic mass is 32.1. The van der Waals surface area contributed by atoms with Crippen molar-refractivity contribution in [2.75, 3.05) is 4.90 Å². The zero-order valence-electron chi connectivity index (χ0n) is 18.2. The zero-order chi connectivity index (χ0) is 23.1. The standard InChI is InChI=1S/C26H23FN4OS/c1-16-15-20(17(2)30(16)18-10-12-19(32)13-11-18)25-24(22-8-5-6-14-28-22)29-26(33)31(25)23-9-4-3-7-21(23)27/h3-15,24-25,32H,1-2H3,(H,29,33)/t24-,25-/m1/s1. The van der Waals surface area contributed by atoms with Gasteiger partial charge in [-0.2, -0.15) is 0 Å². The van der Waals surface area contributed by atoms with E-state index in [1.165, 1.54) is 6.07 Å². The number of hydrogen-bond acceptors (Lipinski definition) is 3. The van der Waals surface area contributed by atoms with Gasteiger partial charge in [0.05, 0.1) is 23.5 Å². The largest absolute Gasteiger partial charge is 0.508 e. The summed E-state index contributed by atoms with van der Waals surface area (Å²) in [4.78, 5) is 6.43. The van der Waals surface area contributed by atoms with E-state index >= 15 is 0 Å². The van der Waals surface area contributed by atoms with E-state index in [2.05, 4.69) is 20.9 Å². The Kier molecular flexibility index (Phi) is 5.34. The van der Waals surface area contributed by atoms with Crippen LogP contribution in [0.1, 0.15) is 34.7 Å².